The van der Waals surface area contributed by atoms with E-state index in [1.165, 1.54) is 16.7 Å². The Bertz CT molecular complexity index is 1740. The third kappa shape index (κ3) is 29.7. The van der Waals surface area contributed by atoms with Crippen LogP contribution in [-0.4, -0.2) is 216 Å². The van der Waals surface area contributed by atoms with Crippen LogP contribution < -0.4 is 16.0 Å². The molecule has 1 aromatic carbocycles. The van der Waals surface area contributed by atoms with Gasteiger partial charge in [0.1, 0.15) is 18.7 Å². The van der Waals surface area contributed by atoms with E-state index in [1.54, 1.807) is 66.0 Å². The highest BCUT2D eigenvalue weighted by atomic mass is 16.6. The molecule has 3 atom stereocenters. The van der Waals surface area contributed by atoms with Crippen molar-refractivity contribution >= 4 is 47.1 Å². The Morgan fingerprint density at radius 3 is 1.58 bits per heavy atom. The number of amides is 6. The third-order valence-corrected chi connectivity index (χ3v) is 10.7. The zero-order valence-electron chi connectivity index (χ0n) is 44.1. The average Bonchev–Trinajstić information content (AvgIpc) is 3.60. The van der Waals surface area contributed by atoms with Crippen molar-refractivity contribution in [1.29, 1.82) is 0 Å². The van der Waals surface area contributed by atoms with Crippen LogP contribution in [0.3, 0.4) is 0 Å². The van der Waals surface area contributed by atoms with Crippen LogP contribution in [0.5, 0.6) is 0 Å². The summed E-state index contributed by atoms with van der Waals surface area (Å²) < 4.78 is 59.8. The van der Waals surface area contributed by atoms with Crippen LogP contribution in [0.2, 0.25) is 0 Å². The normalized spacial score (nSPS) is 14.4. The van der Waals surface area contributed by atoms with Crippen molar-refractivity contribution in [2.24, 2.45) is 17.8 Å². The molecule has 416 valence electrons. The molecule has 1 aliphatic heterocycles. The SMILES string of the molecule is COCCOCCOCCOCCOCCOCCOCCOCCN(CC(=O)N[C@H](C(=O)N[C@@H](C)C(=O)Nc1ccc(COC(=O)C(C)C)cc1)C(C)C)C(=O)CCOCCOCCN1C(=O)CC(C)C1=O. The predicted octanol–water partition coefficient (Wildman–Crippen LogP) is 1.38. The molecule has 1 aliphatic rings. The monoisotopic (exact) mass is 1040 g/mol. The fourth-order valence-electron chi connectivity index (χ4n) is 6.46. The minimum Gasteiger partial charge on any atom is -0.461 e. The largest absolute Gasteiger partial charge is 0.461 e. The number of nitrogens with one attached hydrogen (secondary N) is 3. The van der Waals surface area contributed by atoms with Gasteiger partial charge in [0.2, 0.25) is 35.4 Å². The molecule has 3 N–H and O–H groups in total. The number of rotatable bonds is 44. The maximum absolute atomic E-state index is 13.5. The number of hydrogen-bond acceptors (Lipinski definition) is 18. The molecule has 0 saturated carbocycles. The first kappa shape index (κ1) is 64.4. The highest BCUT2D eigenvalue weighted by molar-refractivity contribution is 6.03. The van der Waals surface area contributed by atoms with Gasteiger partial charge in [-0.15, -0.1) is 0 Å². The van der Waals surface area contributed by atoms with E-state index in [1.807, 2.05) is 0 Å². The second-order valence-corrected chi connectivity index (χ2v) is 17.5. The zero-order valence-corrected chi connectivity index (χ0v) is 44.1. The van der Waals surface area contributed by atoms with Crippen LogP contribution in [0.1, 0.15) is 59.9 Å². The van der Waals surface area contributed by atoms with E-state index in [4.69, 9.17) is 52.1 Å². The molecule has 23 heteroatoms. The van der Waals surface area contributed by atoms with Crippen molar-refractivity contribution in [3.05, 3.63) is 29.8 Å². The Labute approximate surface area is 430 Å². The zero-order chi connectivity index (χ0) is 53.6. The third-order valence-electron chi connectivity index (χ3n) is 10.7. The number of imide groups is 1. The molecule has 0 radical (unpaired) electrons. The van der Waals surface area contributed by atoms with Crippen LogP contribution >= 0.6 is 0 Å². The lowest BCUT2D eigenvalue weighted by Crippen LogP contribution is -2.55. The second kappa shape index (κ2) is 39.7. The Hall–Kier alpha value is -4.69. The molecule has 0 bridgehead atoms. The Kier molecular flexibility index (Phi) is 35.1. The first-order chi connectivity index (χ1) is 35.1. The van der Waals surface area contributed by atoms with Gasteiger partial charge in [-0.05, 0) is 30.5 Å². The average molecular weight is 1040 g/mol. The van der Waals surface area contributed by atoms with Gasteiger partial charge in [0.05, 0.1) is 151 Å². The van der Waals surface area contributed by atoms with Crippen LogP contribution in [-0.2, 0) is 92.3 Å². The van der Waals surface area contributed by atoms with Gasteiger partial charge in [-0.1, -0.05) is 46.8 Å². The van der Waals surface area contributed by atoms with Crippen molar-refractivity contribution in [1.82, 2.24) is 20.4 Å². The number of nitrogens with zero attached hydrogens (tertiary/aromatic N) is 2. The number of benzene rings is 1. The van der Waals surface area contributed by atoms with Gasteiger partial charge in [0.15, 0.2) is 0 Å². The summed E-state index contributed by atoms with van der Waals surface area (Å²) >= 11 is 0. The van der Waals surface area contributed by atoms with Crippen molar-refractivity contribution in [2.75, 3.05) is 158 Å². The predicted molar refractivity (Wildman–Crippen MR) is 265 cm³/mol. The molecule has 1 heterocycles. The summed E-state index contributed by atoms with van der Waals surface area (Å²) in [6, 6.07) is 4.72. The molecular weight excluding hydrogens is 959 g/mol. The lowest BCUT2D eigenvalue weighted by atomic mass is 10.0. The molecule has 0 aromatic heterocycles. The van der Waals surface area contributed by atoms with Gasteiger partial charge in [0, 0.05) is 31.7 Å². The Morgan fingerprint density at radius 2 is 1.11 bits per heavy atom. The van der Waals surface area contributed by atoms with Gasteiger partial charge in [-0.25, -0.2) is 0 Å². The number of methoxy groups -OCH3 is 1. The number of ether oxygens (including phenoxy) is 11. The van der Waals surface area contributed by atoms with E-state index < -0.39 is 35.7 Å². The van der Waals surface area contributed by atoms with Crippen LogP contribution in [0, 0.1) is 17.8 Å². The van der Waals surface area contributed by atoms with Crippen molar-refractivity contribution in [3.63, 3.8) is 0 Å². The summed E-state index contributed by atoms with van der Waals surface area (Å²) in [5, 5.41) is 8.12. The van der Waals surface area contributed by atoms with Gasteiger partial charge in [-0.2, -0.15) is 0 Å². The Balaban J connectivity index is 1.76. The lowest BCUT2D eigenvalue weighted by molar-refractivity contribution is -0.148. The molecule has 2 rings (SSSR count). The number of likely N-dealkylation sites (tertiary alicyclic amines) is 1. The van der Waals surface area contributed by atoms with Crippen LogP contribution in [0.25, 0.3) is 0 Å². The molecule has 0 spiro atoms. The van der Waals surface area contributed by atoms with E-state index in [9.17, 15) is 33.6 Å². The molecular formula is C50H83N5O18. The minimum absolute atomic E-state index is 0.0243. The first-order valence-corrected chi connectivity index (χ1v) is 25.1. The number of anilines is 1. The topological polar surface area (TPSA) is 264 Å². The molecule has 1 fully saturated rings. The first-order valence-electron chi connectivity index (χ1n) is 25.1. The molecule has 1 saturated heterocycles. The molecule has 73 heavy (non-hydrogen) atoms. The van der Waals surface area contributed by atoms with Gasteiger partial charge in [0.25, 0.3) is 0 Å². The number of esters is 1. The fourth-order valence-corrected chi connectivity index (χ4v) is 6.46. The summed E-state index contributed by atoms with van der Waals surface area (Å²) in [7, 11) is 1.62. The van der Waals surface area contributed by atoms with E-state index >= 15 is 0 Å². The minimum atomic E-state index is -1.04. The molecule has 6 amide bonds. The number of hydrogen-bond donors (Lipinski definition) is 3. The second-order valence-electron chi connectivity index (χ2n) is 17.5. The summed E-state index contributed by atoms with van der Waals surface area (Å²) in [5.41, 5.74) is 1.21. The van der Waals surface area contributed by atoms with Gasteiger partial charge < -0.3 is 73.0 Å². The van der Waals surface area contributed by atoms with Gasteiger partial charge in [-0.3, -0.25) is 38.5 Å². The summed E-state index contributed by atoms with van der Waals surface area (Å²) in [6.07, 6.45) is 0.127. The van der Waals surface area contributed by atoms with E-state index in [0.717, 1.165) is 5.56 Å². The van der Waals surface area contributed by atoms with Crippen molar-refractivity contribution in [3.8, 4) is 0 Å². The maximum atomic E-state index is 13.5. The number of carbonyl (C=O) groups excluding carboxylic acids is 7. The standard InChI is InChI=1S/C50H83N5O18/c1-37(2)46(48(60)51-40(6)47(59)52-42-10-8-41(9-11-42)36-73-50(62)38(3)4)53-43(56)35-54(44(57)12-15-64-20-21-66-17-14-55-45(58)34-39(5)49(55)61)13-16-65-22-23-68-26-27-70-30-31-72-33-32-71-29-28-69-25-24-67-19-18-63-7/h8-11,37-40,46H,12-36H2,1-7H3,(H,51,60)(H,52,59)(H,53,56)/t39?,40-,46-/m0/s1. The quantitative estimate of drug-likeness (QED) is 0.0474. The van der Waals surface area contributed by atoms with E-state index in [-0.39, 0.29) is 121 Å². The van der Waals surface area contributed by atoms with Crippen LogP contribution in [0.4, 0.5) is 5.69 Å². The summed E-state index contributed by atoms with van der Waals surface area (Å²) in [5.74, 6) is -3.80. The van der Waals surface area contributed by atoms with E-state index in [2.05, 4.69) is 16.0 Å². The van der Waals surface area contributed by atoms with Crippen LogP contribution in [0.15, 0.2) is 24.3 Å². The molecule has 23 nitrogen and oxygen atoms in total. The highest BCUT2D eigenvalue weighted by Gasteiger charge is 2.35. The highest BCUT2D eigenvalue weighted by Crippen LogP contribution is 2.18. The summed E-state index contributed by atoms with van der Waals surface area (Å²) in [6.45, 7) is 16.6. The van der Waals surface area contributed by atoms with Gasteiger partial charge >= 0.3 is 5.97 Å². The lowest BCUT2D eigenvalue weighted by Gasteiger charge is -2.26. The molecule has 1 aromatic rings. The van der Waals surface area contributed by atoms with Crippen molar-refractivity contribution in [2.45, 2.75) is 73.1 Å². The molecule has 0 aliphatic carbocycles. The van der Waals surface area contributed by atoms with Crippen molar-refractivity contribution < 1.29 is 85.7 Å². The fraction of sp³-hybridized carbons (Fsp3) is 0.740. The Morgan fingerprint density at radius 1 is 0.630 bits per heavy atom. The van der Waals surface area contributed by atoms with E-state index in [0.29, 0.717) is 85.0 Å². The maximum Gasteiger partial charge on any atom is 0.308 e. The smallest absolute Gasteiger partial charge is 0.308 e. The summed E-state index contributed by atoms with van der Waals surface area (Å²) in [4.78, 5) is 91.8. The molecule has 1 unspecified atom stereocenters. The number of carbonyl (C=O) groups is 7.